The van der Waals surface area contributed by atoms with E-state index in [4.69, 9.17) is 0 Å². The van der Waals surface area contributed by atoms with E-state index in [1.807, 2.05) is 0 Å². The van der Waals surface area contributed by atoms with Crippen molar-refractivity contribution < 1.29 is 0 Å². The van der Waals surface area contributed by atoms with Crippen LogP contribution < -0.4 is 0 Å². The fourth-order valence-corrected chi connectivity index (χ4v) is 0.943. The molecule has 70 valence electrons. The van der Waals surface area contributed by atoms with Gasteiger partial charge in [-0.3, -0.25) is 4.99 Å². The van der Waals surface area contributed by atoms with Gasteiger partial charge in [0.25, 0.3) is 0 Å². The molecule has 0 N–H and O–H groups in total. The molecule has 0 aromatic heterocycles. The average Bonchev–Trinajstić information content (AvgIpc) is 1.83. The van der Waals surface area contributed by atoms with Crippen LogP contribution in [0.5, 0.6) is 0 Å². The molecule has 0 rings (SSSR count). The topological polar surface area (TPSA) is 12.4 Å². The third-order valence-corrected chi connectivity index (χ3v) is 1.52. The number of hydrogen-bond donors (Lipinski definition) is 0. The summed E-state index contributed by atoms with van der Waals surface area (Å²) in [5, 5.41) is 0. The Kier molecular flexibility index (Phi) is 4.22. The molecule has 0 heterocycles. The highest BCUT2D eigenvalue weighted by atomic mass is 14.7. The van der Waals surface area contributed by atoms with E-state index >= 15 is 0 Å². The highest BCUT2D eigenvalue weighted by molar-refractivity contribution is 5.99. The Morgan fingerprint density at radius 1 is 1.25 bits per heavy atom. The highest BCUT2D eigenvalue weighted by Crippen LogP contribution is 2.18. The van der Waals surface area contributed by atoms with Gasteiger partial charge in [0.2, 0.25) is 0 Å². The normalized spacial score (nSPS) is 13.0. The minimum absolute atomic E-state index is 0.174. The van der Waals surface area contributed by atoms with Gasteiger partial charge in [-0.15, -0.1) is 0 Å². The molecule has 0 spiro atoms. The van der Waals surface area contributed by atoms with Crippen molar-refractivity contribution >= 4 is 5.71 Å². The van der Waals surface area contributed by atoms with Crippen molar-refractivity contribution in [2.24, 2.45) is 10.4 Å². The van der Waals surface area contributed by atoms with Crippen molar-refractivity contribution in [3.8, 4) is 0 Å². The van der Waals surface area contributed by atoms with Crippen molar-refractivity contribution in [1.29, 1.82) is 0 Å². The number of nitrogens with zero attached hydrogens (tertiary/aromatic N) is 1. The first-order valence-electron chi connectivity index (χ1n) is 4.57. The molecule has 0 aromatic carbocycles. The second-order valence-electron chi connectivity index (χ2n) is 4.33. The first-order valence-corrected chi connectivity index (χ1v) is 4.57. The van der Waals surface area contributed by atoms with Gasteiger partial charge in [-0.2, -0.15) is 0 Å². The number of allylic oxidation sites excluding steroid dienone is 2. The van der Waals surface area contributed by atoms with Gasteiger partial charge < -0.3 is 0 Å². The van der Waals surface area contributed by atoms with Gasteiger partial charge in [0, 0.05) is 17.7 Å². The zero-order valence-electron chi connectivity index (χ0n) is 9.23. The molecule has 0 radical (unpaired) electrons. The summed E-state index contributed by atoms with van der Waals surface area (Å²) in [6.45, 7) is 13.7. The van der Waals surface area contributed by atoms with Crippen LogP contribution in [0, 0.1) is 5.41 Å². The van der Waals surface area contributed by atoms with Crippen LogP contribution in [0.15, 0.2) is 16.6 Å². The average molecular weight is 167 g/mol. The van der Waals surface area contributed by atoms with E-state index in [1.54, 1.807) is 0 Å². The lowest BCUT2D eigenvalue weighted by atomic mass is 9.89. The highest BCUT2D eigenvalue weighted by Gasteiger charge is 2.15. The molecule has 0 aromatic rings. The minimum Gasteiger partial charge on any atom is -0.290 e. The molecule has 0 amide bonds. The molecule has 0 aliphatic heterocycles. The maximum absolute atomic E-state index is 4.48. The maximum Gasteiger partial charge on any atom is 0.0400 e. The Morgan fingerprint density at radius 2 is 1.75 bits per heavy atom. The Balaban J connectivity index is 4.70. The molecule has 0 fully saturated rings. The minimum atomic E-state index is 0.174. The molecule has 0 saturated carbocycles. The number of rotatable bonds is 2. The Hall–Kier alpha value is -0.590. The summed E-state index contributed by atoms with van der Waals surface area (Å²) < 4.78 is 0. The summed E-state index contributed by atoms with van der Waals surface area (Å²) in [5.41, 5.74) is 2.69. The van der Waals surface area contributed by atoms with Gasteiger partial charge in [0.15, 0.2) is 0 Å². The van der Waals surface area contributed by atoms with Crippen LogP contribution in [0.4, 0.5) is 0 Å². The summed E-state index contributed by atoms with van der Waals surface area (Å²) in [7, 11) is 0. The summed E-state index contributed by atoms with van der Waals surface area (Å²) in [6, 6.07) is 0. The summed E-state index contributed by atoms with van der Waals surface area (Å²) in [6.07, 6.45) is 2.17. The fraction of sp³-hybridized carbons (Fsp3) is 0.727. The van der Waals surface area contributed by atoms with Crippen LogP contribution in [0.25, 0.3) is 0 Å². The largest absolute Gasteiger partial charge is 0.290 e. The van der Waals surface area contributed by atoms with Gasteiger partial charge in [0.05, 0.1) is 0 Å². The molecule has 0 unspecified atom stereocenters. The Bertz CT molecular complexity index is 188. The van der Waals surface area contributed by atoms with Crippen LogP contribution in [0.3, 0.4) is 0 Å². The van der Waals surface area contributed by atoms with E-state index in [0.717, 1.165) is 6.54 Å². The lowest BCUT2D eigenvalue weighted by Crippen LogP contribution is -2.18. The van der Waals surface area contributed by atoms with E-state index in [0.29, 0.717) is 0 Å². The van der Waals surface area contributed by atoms with Crippen LogP contribution in [-0.4, -0.2) is 12.3 Å². The fourth-order valence-electron chi connectivity index (χ4n) is 0.943. The van der Waals surface area contributed by atoms with E-state index in [-0.39, 0.29) is 5.41 Å². The van der Waals surface area contributed by atoms with Gasteiger partial charge in [0.1, 0.15) is 0 Å². The zero-order chi connectivity index (χ0) is 9.78. The van der Waals surface area contributed by atoms with E-state index < -0.39 is 0 Å². The number of hydrogen-bond acceptors (Lipinski definition) is 1. The zero-order valence-corrected chi connectivity index (χ0v) is 9.23. The summed E-state index contributed by atoms with van der Waals surface area (Å²) in [4.78, 5) is 4.48. The predicted octanol–water partition coefficient (Wildman–Crippen LogP) is 3.46. The van der Waals surface area contributed by atoms with Crippen molar-refractivity contribution in [3.05, 3.63) is 11.6 Å². The van der Waals surface area contributed by atoms with E-state index in [9.17, 15) is 0 Å². The van der Waals surface area contributed by atoms with Crippen molar-refractivity contribution in [2.75, 3.05) is 6.54 Å². The van der Waals surface area contributed by atoms with Crippen LogP contribution in [-0.2, 0) is 0 Å². The molecule has 1 heteroatoms. The Morgan fingerprint density at radius 3 is 2.00 bits per heavy atom. The second kappa shape index (κ2) is 4.44. The van der Waals surface area contributed by atoms with Gasteiger partial charge in [-0.1, -0.05) is 26.3 Å². The molecule has 0 aliphatic rings. The Labute approximate surface area is 76.6 Å². The third-order valence-electron chi connectivity index (χ3n) is 1.52. The van der Waals surface area contributed by atoms with Crippen molar-refractivity contribution in [3.63, 3.8) is 0 Å². The van der Waals surface area contributed by atoms with Crippen molar-refractivity contribution in [1.82, 2.24) is 0 Å². The van der Waals surface area contributed by atoms with Crippen LogP contribution >= 0.6 is 0 Å². The molecular formula is C11H21N. The van der Waals surface area contributed by atoms with Gasteiger partial charge in [-0.25, -0.2) is 0 Å². The predicted molar refractivity (Wildman–Crippen MR) is 56.9 cm³/mol. The summed E-state index contributed by atoms with van der Waals surface area (Å²) in [5.74, 6) is 0. The standard InChI is InChI=1S/C11H21N/c1-7-12-10(8-9(2)3)11(4,5)6/h8H,7H2,1-6H3. The van der Waals surface area contributed by atoms with Gasteiger partial charge in [-0.05, 0) is 26.8 Å². The molecule has 1 nitrogen and oxygen atoms in total. The lowest BCUT2D eigenvalue weighted by Gasteiger charge is -2.19. The molecule has 12 heavy (non-hydrogen) atoms. The number of aliphatic imine (C=N–C) groups is 1. The van der Waals surface area contributed by atoms with E-state index in [2.05, 4.69) is 52.6 Å². The third kappa shape index (κ3) is 4.32. The maximum atomic E-state index is 4.48. The second-order valence-corrected chi connectivity index (χ2v) is 4.33. The monoisotopic (exact) mass is 167 g/mol. The smallest absolute Gasteiger partial charge is 0.0400 e. The van der Waals surface area contributed by atoms with E-state index in [1.165, 1.54) is 11.3 Å². The van der Waals surface area contributed by atoms with Crippen LogP contribution in [0.2, 0.25) is 0 Å². The first kappa shape index (κ1) is 11.4. The lowest BCUT2D eigenvalue weighted by molar-refractivity contribution is 0.591. The SMILES string of the molecule is CCN=C(C=C(C)C)C(C)(C)C. The summed E-state index contributed by atoms with van der Waals surface area (Å²) >= 11 is 0. The molecule has 0 bridgehead atoms. The molecule has 0 aliphatic carbocycles. The first-order chi connectivity index (χ1) is 5.38. The quantitative estimate of drug-likeness (QED) is 0.558. The molecule has 0 saturated heterocycles. The van der Waals surface area contributed by atoms with Crippen molar-refractivity contribution in [2.45, 2.75) is 41.5 Å². The van der Waals surface area contributed by atoms with Crippen LogP contribution in [0.1, 0.15) is 41.5 Å². The molecular weight excluding hydrogens is 146 g/mol. The molecule has 0 atom stereocenters. The van der Waals surface area contributed by atoms with Gasteiger partial charge >= 0.3 is 0 Å².